The van der Waals surface area contributed by atoms with Crippen LogP contribution in [0.15, 0.2) is 36.7 Å². The number of carbonyl (C=O) groups excluding carboxylic acids is 1. The zero-order valence-electron chi connectivity index (χ0n) is 8.16. The van der Waals surface area contributed by atoms with Crippen molar-refractivity contribution in [2.75, 3.05) is 5.32 Å². The summed E-state index contributed by atoms with van der Waals surface area (Å²) < 4.78 is 0. The smallest absolute Gasteiger partial charge is 0.261 e. The number of hydrogen-bond acceptors (Lipinski definition) is 5. The zero-order chi connectivity index (χ0) is 11.4. The molecule has 2 aromatic rings. The molecular formula is C10H8N4O2. The van der Waals surface area contributed by atoms with Gasteiger partial charge in [-0.2, -0.15) is 5.10 Å². The Balaban J connectivity index is 2.19. The summed E-state index contributed by atoms with van der Waals surface area (Å²) in [5, 5.41) is 19.0. The molecule has 2 rings (SSSR count). The van der Waals surface area contributed by atoms with Gasteiger partial charge in [-0.1, -0.05) is 12.1 Å². The van der Waals surface area contributed by atoms with Crippen molar-refractivity contribution in [1.29, 1.82) is 0 Å². The van der Waals surface area contributed by atoms with E-state index in [0.29, 0.717) is 0 Å². The number of aromatic nitrogens is 3. The fraction of sp³-hybridized carbons (Fsp3) is 0. The highest BCUT2D eigenvalue weighted by Crippen LogP contribution is 2.16. The number of nitrogens with one attached hydrogen (secondary N) is 1. The summed E-state index contributed by atoms with van der Waals surface area (Å²) in [6.45, 7) is 0. The molecule has 80 valence electrons. The van der Waals surface area contributed by atoms with E-state index in [-0.39, 0.29) is 17.3 Å². The fourth-order valence-electron chi connectivity index (χ4n) is 1.14. The summed E-state index contributed by atoms with van der Waals surface area (Å²) in [7, 11) is 0. The SMILES string of the molecule is O=C(Nc1nccnn1)c1ccccc1O. The van der Waals surface area contributed by atoms with Crippen molar-refractivity contribution in [3.8, 4) is 5.75 Å². The highest BCUT2D eigenvalue weighted by Gasteiger charge is 2.11. The first-order chi connectivity index (χ1) is 7.77. The Morgan fingerprint density at radius 3 is 2.75 bits per heavy atom. The lowest BCUT2D eigenvalue weighted by molar-refractivity contribution is 0.102. The maximum absolute atomic E-state index is 11.7. The minimum absolute atomic E-state index is 0.0933. The van der Waals surface area contributed by atoms with Crippen LogP contribution in [0.25, 0.3) is 0 Å². The van der Waals surface area contributed by atoms with E-state index in [1.165, 1.54) is 24.5 Å². The molecule has 6 nitrogen and oxygen atoms in total. The average molecular weight is 216 g/mol. The molecule has 0 fully saturated rings. The van der Waals surface area contributed by atoms with Gasteiger partial charge >= 0.3 is 0 Å². The first-order valence-corrected chi connectivity index (χ1v) is 4.50. The lowest BCUT2D eigenvalue weighted by Gasteiger charge is -2.03. The van der Waals surface area contributed by atoms with E-state index in [1.807, 2.05) is 0 Å². The largest absolute Gasteiger partial charge is 0.507 e. The summed E-state index contributed by atoms with van der Waals surface area (Å²) in [5.74, 6) is -0.481. The third kappa shape index (κ3) is 2.11. The molecule has 6 heteroatoms. The maximum Gasteiger partial charge on any atom is 0.261 e. The number of para-hydroxylation sites is 1. The maximum atomic E-state index is 11.7. The second kappa shape index (κ2) is 4.35. The van der Waals surface area contributed by atoms with Gasteiger partial charge in [-0.25, -0.2) is 4.98 Å². The molecule has 1 aromatic heterocycles. The van der Waals surface area contributed by atoms with Gasteiger partial charge in [0.15, 0.2) is 0 Å². The monoisotopic (exact) mass is 216 g/mol. The molecule has 16 heavy (non-hydrogen) atoms. The molecule has 1 aromatic carbocycles. The van der Waals surface area contributed by atoms with E-state index < -0.39 is 5.91 Å². The number of anilines is 1. The predicted molar refractivity (Wildman–Crippen MR) is 55.9 cm³/mol. The molecule has 0 saturated heterocycles. The second-order valence-corrected chi connectivity index (χ2v) is 2.94. The number of nitrogens with zero attached hydrogens (tertiary/aromatic N) is 3. The molecule has 0 spiro atoms. The lowest BCUT2D eigenvalue weighted by Crippen LogP contribution is -2.14. The Morgan fingerprint density at radius 2 is 2.06 bits per heavy atom. The predicted octanol–water partition coefficient (Wildman–Crippen LogP) is 0.829. The van der Waals surface area contributed by atoms with Gasteiger partial charge in [0.25, 0.3) is 5.91 Å². The van der Waals surface area contributed by atoms with Crippen molar-refractivity contribution in [2.24, 2.45) is 0 Å². The standard InChI is InChI=1S/C10H8N4O2/c15-8-4-2-1-3-7(8)9(16)13-10-11-5-6-12-14-10/h1-6,15H,(H,11,13,14,16). The Hall–Kier alpha value is -2.50. The van der Waals surface area contributed by atoms with E-state index in [4.69, 9.17) is 0 Å². The summed E-state index contributed by atoms with van der Waals surface area (Å²) in [6, 6.07) is 6.21. The Bertz CT molecular complexity index is 501. The van der Waals surface area contributed by atoms with E-state index >= 15 is 0 Å². The van der Waals surface area contributed by atoms with Gasteiger partial charge in [0, 0.05) is 0 Å². The third-order valence-corrected chi connectivity index (χ3v) is 1.86. The summed E-state index contributed by atoms with van der Waals surface area (Å²) >= 11 is 0. The van der Waals surface area contributed by atoms with Crippen molar-refractivity contribution in [3.63, 3.8) is 0 Å². The molecule has 0 aliphatic carbocycles. The molecule has 1 heterocycles. The molecule has 1 amide bonds. The fourth-order valence-corrected chi connectivity index (χ4v) is 1.14. The van der Waals surface area contributed by atoms with Gasteiger partial charge in [-0.05, 0) is 12.1 Å². The van der Waals surface area contributed by atoms with Crippen LogP contribution in [0.2, 0.25) is 0 Å². The quantitative estimate of drug-likeness (QED) is 0.776. The van der Waals surface area contributed by atoms with Gasteiger partial charge in [0.05, 0.1) is 18.0 Å². The second-order valence-electron chi connectivity index (χ2n) is 2.94. The van der Waals surface area contributed by atoms with Crippen molar-refractivity contribution < 1.29 is 9.90 Å². The molecule has 0 radical (unpaired) electrons. The Kier molecular flexibility index (Phi) is 2.73. The minimum Gasteiger partial charge on any atom is -0.507 e. The molecule has 0 aliphatic rings. The topological polar surface area (TPSA) is 88.0 Å². The van der Waals surface area contributed by atoms with Crippen LogP contribution in [0, 0.1) is 0 Å². The molecule has 0 atom stereocenters. The number of rotatable bonds is 2. The van der Waals surface area contributed by atoms with Crippen LogP contribution in [0.5, 0.6) is 5.75 Å². The molecule has 0 bridgehead atoms. The molecule has 0 aliphatic heterocycles. The molecule has 0 saturated carbocycles. The zero-order valence-corrected chi connectivity index (χ0v) is 8.16. The van der Waals surface area contributed by atoms with E-state index in [0.717, 1.165) is 0 Å². The summed E-state index contributed by atoms with van der Waals surface area (Å²) in [6.07, 6.45) is 2.81. The number of phenols is 1. The van der Waals surface area contributed by atoms with Crippen LogP contribution in [-0.2, 0) is 0 Å². The number of hydrogen-bond donors (Lipinski definition) is 2. The highest BCUT2D eigenvalue weighted by atomic mass is 16.3. The van der Waals surface area contributed by atoms with Gasteiger partial charge in [-0.3, -0.25) is 10.1 Å². The van der Waals surface area contributed by atoms with E-state index in [1.54, 1.807) is 12.1 Å². The van der Waals surface area contributed by atoms with Gasteiger partial charge in [-0.15, -0.1) is 5.10 Å². The van der Waals surface area contributed by atoms with Crippen LogP contribution in [0.3, 0.4) is 0 Å². The molecule has 0 unspecified atom stereocenters. The van der Waals surface area contributed by atoms with Crippen molar-refractivity contribution in [3.05, 3.63) is 42.2 Å². The number of carbonyl (C=O) groups is 1. The van der Waals surface area contributed by atoms with Crippen LogP contribution in [-0.4, -0.2) is 26.2 Å². The first-order valence-electron chi connectivity index (χ1n) is 4.50. The average Bonchev–Trinajstić information content (AvgIpc) is 2.31. The first kappa shape index (κ1) is 10.0. The van der Waals surface area contributed by atoms with Crippen molar-refractivity contribution in [2.45, 2.75) is 0 Å². The Labute approximate surface area is 91.0 Å². The van der Waals surface area contributed by atoms with Crippen LogP contribution in [0.4, 0.5) is 5.95 Å². The van der Waals surface area contributed by atoms with Gasteiger partial charge in [0.2, 0.25) is 5.95 Å². The summed E-state index contributed by atoms with van der Waals surface area (Å²) in [5.41, 5.74) is 0.162. The van der Waals surface area contributed by atoms with Crippen LogP contribution >= 0.6 is 0 Å². The third-order valence-electron chi connectivity index (χ3n) is 1.86. The van der Waals surface area contributed by atoms with Crippen LogP contribution < -0.4 is 5.32 Å². The number of benzene rings is 1. The van der Waals surface area contributed by atoms with Crippen molar-refractivity contribution >= 4 is 11.9 Å². The molecular weight excluding hydrogens is 208 g/mol. The molecule has 2 N–H and O–H groups in total. The number of amides is 1. The van der Waals surface area contributed by atoms with Crippen LogP contribution in [0.1, 0.15) is 10.4 Å². The van der Waals surface area contributed by atoms with E-state index in [9.17, 15) is 9.90 Å². The van der Waals surface area contributed by atoms with E-state index in [2.05, 4.69) is 20.5 Å². The number of aromatic hydroxyl groups is 1. The highest BCUT2D eigenvalue weighted by molar-refractivity contribution is 6.05. The lowest BCUT2D eigenvalue weighted by atomic mass is 10.2. The number of phenolic OH excluding ortho intramolecular Hbond substituents is 1. The van der Waals surface area contributed by atoms with Crippen molar-refractivity contribution in [1.82, 2.24) is 15.2 Å². The normalized spacial score (nSPS) is 9.75. The Morgan fingerprint density at radius 1 is 1.25 bits per heavy atom. The minimum atomic E-state index is -0.480. The summed E-state index contributed by atoms with van der Waals surface area (Å²) in [4.78, 5) is 15.4. The van der Waals surface area contributed by atoms with Gasteiger partial charge < -0.3 is 5.11 Å². The van der Waals surface area contributed by atoms with Gasteiger partial charge in [0.1, 0.15) is 5.75 Å².